The molecule has 7 nitrogen and oxygen atoms in total. The average molecular weight is 312 g/mol. The van der Waals surface area contributed by atoms with Gasteiger partial charge in [0, 0.05) is 31.2 Å². The predicted octanol–water partition coefficient (Wildman–Crippen LogP) is 2.04. The van der Waals surface area contributed by atoms with Crippen LogP contribution in [0.5, 0.6) is 0 Å². The number of aromatic nitrogens is 4. The second-order valence-corrected chi connectivity index (χ2v) is 6.27. The van der Waals surface area contributed by atoms with Crippen LogP contribution >= 0.6 is 0 Å². The average Bonchev–Trinajstić information content (AvgIpc) is 3.11. The molecule has 1 amide bonds. The van der Waals surface area contributed by atoms with Crippen molar-refractivity contribution in [1.29, 1.82) is 0 Å². The number of hydrogen-bond donors (Lipinski definition) is 3. The van der Waals surface area contributed by atoms with E-state index in [1.54, 1.807) is 6.20 Å². The van der Waals surface area contributed by atoms with Gasteiger partial charge in [0.25, 0.3) is 0 Å². The number of carbonyl (C=O) groups is 1. The molecule has 1 aliphatic heterocycles. The van der Waals surface area contributed by atoms with Gasteiger partial charge in [-0.2, -0.15) is 5.10 Å². The lowest BCUT2D eigenvalue weighted by molar-refractivity contribution is -0.114. The molecule has 0 aliphatic carbocycles. The first-order chi connectivity index (χ1) is 11.1. The molecule has 0 spiro atoms. The first-order valence-electron chi connectivity index (χ1n) is 7.97. The summed E-state index contributed by atoms with van der Waals surface area (Å²) in [6.45, 7) is 5.67. The van der Waals surface area contributed by atoms with E-state index in [1.807, 2.05) is 12.3 Å². The number of nitrogens with zero attached hydrogens (tertiary/aromatic N) is 3. The Hall–Kier alpha value is -2.41. The van der Waals surface area contributed by atoms with Crippen LogP contribution < -0.4 is 10.6 Å². The highest BCUT2D eigenvalue weighted by Gasteiger charge is 2.27. The van der Waals surface area contributed by atoms with Gasteiger partial charge in [-0.05, 0) is 24.9 Å². The second-order valence-electron chi connectivity index (χ2n) is 6.27. The molecule has 0 aromatic carbocycles. The fourth-order valence-corrected chi connectivity index (χ4v) is 3.43. The summed E-state index contributed by atoms with van der Waals surface area (Å²) < 4.78 is 2.06. The summed E-state index contributed by atoms with van der Waals surface area (Å²) in [6, 6.07) is 2.27. The maximum absolute atomic E-state index is 11.5. The molecule has 1 aliphatic rings. The summed E-state index contributed by atoms with van der Waals surface area (Å²) in [4.78, 5) is 19.1. The summed E-state index contributed by atoms with van der Waals surface area (Å²) in [5.41, 5.74) is 1.87. The van der Waals surface area contributed by atoms with E-state index in [0.29, 0.717) is 11.7 Å². The van der Waals surface area contributed by atoms with Gasteiger partial charge >= 0.3 is 0 Å². The Labute approximate surface area is 133 Å². The molecule has 0 radical (unpaired) electrons. The number of hydrogen-bond acceptors (Lipinski definition) is 4. The van der Waals surface area contributed by atoms with Gasteiger partial charge in [0.1, 0.15) is 5.65 Å². The van der Waals surface area contributed by atoms with Crippen LogP contribution in [0.15, 0.2) is 18.5 Å². The third kappa shape index (κ3) is 2.28. The Kier molecular flexibility index (Phi) is 3.30. The minimum Gasteiger partial charge on any atom is -0.346 e. The highest BCUT2D eigenvalue weighted by atomic mass is 16.1. The molecule has 2 atom stereocenters. The van der Waals surface area contributed by atoms with Gasteiger partial charge < -0.3 is 15.6 Å². The van der Waals surface area contributed by atoms with Crippen molar-refractivity contribution < 1.29 is 4.79 Å². The zero-order valence-corrected chi connectivity index (χ0v) is 13.3. The van der Waals surface area contributed by atoms with Crippen molar-refractivity contribution in [3.05, 3.63) is 18.5 Å². The molecule has 0 unspecified atom stereocenters. The topological polar surface area (TPSA) is 87.6 Å². The molecular weight excluding hydrogens is 292 g/mol. The summed E-state index contributed by atoms with van der Waals surface area (Å²) in [6.07, 6.45) is 4.78. The second kappa shape index (κ2) is 5.34. The molecule has 3 N–H and O–H groups in total. The number of piperidine rings is 1. The molecule has 3 aromatic rings. The van der Waals surface area contributed by atoms with E-state index in [0.717, 1.165) is 41.4 Å². The van der Waals surface area contributed by atoms with Crippen LogP contribution in [0, 0.1) is 5.92 Å². The van der Waals surface area contributed by atoms with Crippen LogP contribution in [-0.2, 0) is 4.79 Å². The Balaban J connectivity index is 1.97. The van der Waals surface area contributed by atoms with Crippen molar-refractivity contribution in [2.45, 2.75) is 26.3 Å². The van der Waals surface area contributed by atoms with E-state index >= 15 is 0 Å². The Morgan fingerprint density at radius 3 is 3.09 bits per heavy atom. The molecular formula is C16H20N6O. The summed E-state index contributed by atoms with van der Waals surface area (Å²) in [7, 11) is 0. The van der Waals surface area contributed by atoms with Gasteiger partial charge in [-0.3, -0.25) is 9.48 Å². The number of nitrogens with one attached hydrogen (secondary N) is 3. The first-order valence-corrected chi connectivity index (χ1v) is 7.97. The van der Waals surface area contributed by atoms with E-state index in [2.05, 4.69) is 32.2 Å². The highest BCUT2D eigenvalue weighted by Crippen LogP contribution is 2.34. The lowest BCUT2D eigenvalue weighted by Crippen LogP contribution is -2.37. The molecule has 0 bridgehead atoms. The van der Waals surface area contributed by atoms with Gasteiger partial charge in [-0.25, -0.2) is 4.98 Å². The molecule has 1 saturated heterocycles. The molecule has 120 valence electrons. The minimum absolute atomic E-state index is 0.125. The van der Waals surface area contributed by atoms with Crippen molar-refractivity contribution >= 4 is 33.7 Å². The van der Waals surface area contributed by atoms with Crippen molar-refractivity contribution in [1.82, 2.24) is 25.1 Å². The van der Waals surface area contributed by atoms with Crippen molar-refractivity contribution in [2.75, 3.05) is 18.4 Å². The van der Waals surface area contributed by atoms with E-state index in [-0.39, 0.29) is 11.9 Å². The normalized spacial score (nSPS) is 21.8. The number of aromatic amines is 1. The monoisotopic (exact) mass is 312 g/mol. The smallest absolute Gasteiger partial charge is 0.222 e. The zero-order valence-electron chi connectivity index (χ0n) is 13.3. The van der Waals surface area contributed by atoms with Gasteiger partial charge in [0.2, 0.25) is 5.91 Å². The fourth-order valence-electron chi connectivity index (χ4n) is 3.43. The largest absolute Gasteiger partial charge is 0.346 e. The number of anilines is 1. The molecule has 1 fully saturated rings. The van der Waals surface area contributed by atoms with Gasteiger partial charge in [0.05, 0.1) is 16.9 Å². The van der Waals surface area contributed by atoms with Crippen molar-refractivity contribution in [3.8, 4) is 0 Å². The maximum atomic E-state index is 11.5. The van der Waals surface area contributed by atoms with Gasteiger partial charge in [-0.1, -0.05) is 6.92 Å². The summed E-state index contributed by atoms with van der Waals surface area (Å²) in [5, 5.41) is 12.9. The number of H-pyrrole nitrogens is 1. The lowest BCUT2D eigenvalue weighted by atomic mass is 9.95. The number of amides is 1. The quantitative estimate of drug-likeness (QED) is 0.676. The molecule has 3 aromatic heterocycles. The lowest BCUT2D eigenvalue weighted by Gasteiger charge is -2.30. The standard InChI is InChI=1S/C16H20N6O/c1-9-3-5-17-8-13(9)22-14-11-4-6-18-15(11)19-7-12(14)16(21-22)20-10(2)23/h4,6-7,9,13,17H,3,5,8H2,1-2H3,(H,18,19)(H,20,21,23)/t9-,13+/m1/s1. The number of fused-ring (bicyclic) bond motifs is 3. The Morgan fingerprint density at radius 1 is 1.43 bits per heavy atom. The van der Waals surface area contributed by atoms with Crippen LogP contribution in [0.1, 0.15) is 26.3 Å². The van der Waals surface area contributed by atoms with Crippen LogP contribution in [0.2, 0.25) is 0 Å². The predicted molar refractivity (Wildman–Crippen MR) is 89.4 cm³/mol. The third-order valence-electron chi connectivity index (χ3n) is 4.65. The van der Waals surface area contributed by atoms with Crippen LogP contribution in [-0.4, -0.2) is 38.7 Å². The zero-order chi connectivity index (χ0) is 16.0. The van der Waals surface area contributed by atoms with Crippen LogP contribution in [0.25, 0.3) is 21.9 Å². The van der Waals surface area contributed by atoms with Crippen molar-refractivity contribution in [2.24, 2.45) is 5.92 Å². The SMILES string of the molecule is CC(=O)Nc1nn([C@H]2CNCC[C@H]2C)c2c1cnc1[nH]ccc12. The third-order valence-corrected chi connectivity index (χ3v) is 4.65. The van der Waals surface area contributed by atoms with Gasteiger partial charge in [0.15, 0.2) is 5.82 Å². The van der Waals surface area contributed by atoms with E-state index in [4.69, 9.17) is 5.10 Å². The van der Waals surface area contributed by atoms with Crippen LogP contribution in [0.4, 0.5) is 5.82 Å². The summed E-state index contributed by atoms with van der Waals surface area (Å²) in [5.74, 6) is 0.980. The van der Waals surface area contributed by atoms with Crippen molar-refractivity contribution in [3.63, 3.8) is 0 Å². The highest BCUT2D eigenvalue weighted by molar-refractivity contribution is 6.08. The number of carbonyl (C=O) groups excluding carboxylic acids is 1. The molecule has 23 heavy (non-hydrogen) atoms. The molecule has 4 rings (SSSR count). The molecule has 7 heteroatoms. The fraction of sp³-hybridized carbons (Fsp3) is 0.438. The van der Waals surface area contributed by atoms with Gasteiger partial charge in [-0.15, -0.1) is 0 Å². The number of rotatable bonds is 2. The van der Waals surface area contributed by atoms with E-state index < -0.39 is 0 Å². The minimum atomic E-state index is -0.125. The Bertz CT molecular complexity index is 879. The number of pyridine rings is 1. The van der Waals surface area contributed by atoms with Crippen LogP contribution in [0.3, 0.4) is 0 Å². The maximum Gasteiger partial charge on any atom is 0.222 e. The Morgan fingerprint density at radius 2 is 2.30 bits per heavy atom. The molecule has 4 heterocycles. The summed E-state index contributed by atoms with van der Waals surface area (Å²) >= 11 is 0. The molecule has 0 saturated carbocycles. The van der Waals surface area contributed by atoms with E-state index in [9.17, 15) is 4.79 Å². The first kappa shape index (κ1) is 14.2. The van der Waals surface area contributed by atoms with E-state index in [1.165, 1.54) is 6.92 Å².